The third kappa shape index (κ3) is 3.64. The number of nitrogens with one attached hydrogen (secondary N) is 1. The molecule has 1 saturated heterocycles. The fourth-order valence-electron chi connectivity index (χ4n) is 2.70. The molecule has 1 aliphatic rings. The maximum atomic E-state index is 12.2. The highest BCUT2D eigenvalue weighted by Crippen LogP contribution is 2.18. The number of nitrogens with zero attached hydrogens (tertiary/aromatic N) is 2. The molecule has 1 N–H and O–H groups in total. The van der Waals surface area contributed by atoms with Gasteiger partial charge in [0.1, 0.15) is 0 Å². The van der Waals surface area contributed by atoms with Crippen molar-refractivity contribution >= 4 is 23.3 Å². The molecule has 0 spiro atoms. The summed E-state index contributed by atoms with van der Waals surface area (Å²) in [6.07, 6.45) is 1.05. The zero-order chi connectivity index (χ0) is 14.5. The zero-order valence-corrected chi connectivity index (χ0v) is 12.9. The Hall–Kier alpha value is -1.26. The van der Waals surface area contributed by atoms with E-state index in [9.17, 15) is 4.79 Å². The fourth-order valence-corrected chi connectivity index (χ4v) is 2.83. The van der Waals surface area contributed by atoms with Crippen molar-refractivity contribution < 1.29 is 4.79 Å². The SMILES string of the molecule is CCN(CC)C1CCN(C(=O)Nc2ccc(Cl)cc2)C1. The van der Waals surface area contributed by atoms with Crippen LogP contribution < -0.4 is 5.32 Å². The number of hydrogen-bond donors (Lipinski definition) is 1. The van der Waals surface area contributed by atoms with Gasteiger partial charge in [-0.3, -0.25) is 4.90 Å². The van der Waals surface area contributed by atoms with Crippen molar-refractivity contribution in [1.29, 1.82) is 0 Å². The number of anilines is 1. The predicted molar refractivity (Wildman–Crippen MR) is 83.4 cm³/mol. The number of amides is 2. The number of hydrogen-bond acceptors (Lipinski definition) is 2. The second-order valence-corrected chi connectivity index (χ2v) is 5.48. The summed E-state index contributed by atoms with van der Waals surface area (Å²) in [6, 6.07) is 7.65. The molecule has 1 atom stereocenters. The average Bonchev–Trinajstić information content (AvgIpc) is 2.92. The van der Waals surface area contributed by atoms with E-state index in [0.29, 0.717) is 11.1 Å². The number of urea groups is 1. The Morgan fingerprint density at radius 1 is 1.35 bits per heavy atom. The van der Waals surface area contributed by atoms with Crippen LogP contribution in [-0.4, -0.2) is 48.1 Å². The summed E-state index contributed by atoms with van der Waals surface area (Å²) in [7, 11) is 0. The Labute approximate surface area is 125 Å². The van der Waals surface area contributed by atoms with Crippen LogP contribution in [0.1, 0.15) is 20.3 Å². The van der Waals surface area contributed by atoms with Gasteiger partial charge in [0.05, 0.1) is 0 Å². The minimum absolute atomic E-state index is 0.0259. The Morgan fingerprint density at radius 3 is 2.60 bits per heavy atom. The predicted octanol–water partition coefficient (Wildman–Crippen LogP) is 3.29. The lowest BCUT2D eigenvalue weighted by atomic mass is 10.2. The smallest absolute Gasteiger partial charge is 0.321 e. The molecule has 1 fully saturated rings. The maximum absolute atomic E-state index is 12.2. The molecule has 1 aliphatic heterocycles. The molecule has 110 valence electrons. The molecule has 0 bridgehead atoms. The van der Waals surface area contributed by atoms with Crippen LogP contribution in [0.15, 0.2) is 24.3 Å². The van der Waals surface area contributed by atoms with E-state index in [-0.39, 0.29) is 6.03 Å². The molecule has 1 aromatic rings. The van der Waals surface area contributed by atoms with Crippen molar-refractivity contribution in [3.63, 3.8) is 0 Å². The minimum atomic E-state index is -0.0259. The van der Waals surface area contributed by atoms with Crippen molar-refractivity contribution in [3.05, 3.63) is 29.3 Å². The number of carbonyl (C=O) groups is 1. The minimum Gasteiger partial charge on any atom is -0.323 e. The molecule has 2 rings (SSSR count). The fraction of sp³-hybridized carbons (Fsp3) is 0.533. The quantitative estimate of drug-likeness (QED) is 0.925. The van der Waals surface area contributed by atoms with E-state index in [2.05, 4.69) is 24.1 Å². The molecule has 1 aromatic carbocycles. The summed E-state index contributed by atoms with van der Waals surface area (Å²) < 4.78 is 0. The highest BCUT2D eigenvalue weighted by Gasteiger charge is 2.29. The molecule has 0 aromatic heterocycles. The van der Waals surface area contributed by atoms with E-state index < -0.39 is 0 Å². The number of rotatable bonds is 4. The first-order chi connectivity index (χ1) is 9.63. The van der Waals surface area contributed by atoms with Gasteiger partial charge in [0.25, 0.3) is 0 Å². The average molecular weight is 296 g/mol. The summed E-state index contributed by atoms with van der Waals surface area (Å²) in [4.78, 5) is 16.5. The van der Waals surface area contributed by atoms with Crippen molar-refractivity contribution in [3.8, 4) is 0 Å². The van der Waals surface area contributed by atoms with Gasteiger partial charge >= 0.3 is 6.03 Å². The van der Waals surface area contributed by atoms with Gasteiger partial charge in [0.2, 0.25) is 0 Å². The molecular weight excluding hydrogens is 274 g/mol. The van der Waals surface area contributed by atoms with E-state index >= 15 is 0 Å². The van der Waals surface area contributed by atoms with Gasteiger partial charge < -0.3 is 10.2 Å². The summed E-state index contributed by atoms with van der Waals surface area (Å²) in [6.45, 7) is 8.03. The van der Waals surface area contributed by atoms with Crippen molar-refractivity contribution in [2.75, 3.05) is 31.5 Å². The molecule has 1 unspecified atom stereocenters. The lowest BCUT2D eigenvalue weighted by Crippen LogP contribution is -2.39. The summed E-state index contributed by atoms with van der Waals surface area (Å²) >= 11 is 5.83. The zero-order valence-electron chi connectivity index (χ0n) is 12.1. The van der Waals surface area contributed by atoms with E-state index in [0.717, 1.165) is 38.3 Å². The van der Waals surface area contributed by atoms with Gasteiger partial charge in [-0.15, -0.1) is 0 Å². The Bertz CT molecular complexity index is 445. The van der Waals surface area contributed by atoms with Gasteiger partial charge in [-0.25, -0.2) is 4.79 Å². The number of likely N-dealkylation sites (N-methyl/N-ethyl adjacent to an activating group) is 1. The molecule has 0 radical (unpaired) electrons. The second kappa shape index (κ2) is 6.95. The molecular formula is C15H22ClN3O. The lowest BCUT2D eigenvalue weighted by Gasteiger charge is -2.26. The van der Waals surface area contributed by atoms with Crippen LogP contribution >= 0.6 is 11.6 Å². The van der Waals surface area contributed by atoms with Crippen LogP contribution in [0.5, 0.6) is 0 Å². The van der Waals surface area contributed by atoms with Crippen LogP contribution in [-0.2, 0) is 0 Å². The first-order valence-corrected chi connectivity index (χ1v) is 7.57. The van der Waals surface area contributed by atoms with Crippen LogP contribution in [0.3, 0.4) is 0 Å². The number of benzene rings is 1. The van der Waals surface area contributed by atoms with Crippen molar-refractivity contribution in [1.82, 2.24) is 9.80 Å². The number of likely N-dealkylation sites (tertiary alicyclic amines) is 1. The van der Waals surface area contributed by atoms with E-state index in [4.69, 9.17) is 11.6 Å². The van der Waals surface area contributed by atoms with Gasteiger partial charge in [0.15, 0.2) is 0 Å². The third-order valence-electron chi connectivity index (χ3n) is 3.87. The molecule has 0 aliphatic carbocycles. The summed E-state index contributed by atoms with van der Waals surface area (Å²) in [5.74, 6) is 0. The second-order valence-electron chi connectivity index (χ2n) is 5.05. The molecule has 1 heterocycles. The number of halogens is 1. The topological polar surface area (TPSA) is 35.6 Å². The Morgan fingerprint density at radius 2 is 2.00 bits per heavy atom. The summed E-state index contributed by atoms with van der Waals surface area (Å²) in [5, 5.41) is 3.59. The molecule has 20 heavy (non-hydrogen) atoms. The third-order valence-corrected chi connectivity index (χ3v) is 4.13. The molecule has 2 amide bonds. The largest absolute Gasteiger partial charge is 0.323 e. The molecule has 4 nitrogen and oxygen atoms in total. The van der Waals surface area contributed by atoms with E-state index in [1.54, 1.807) is 12.1 Å². The Kier molecular flexibility index (Phi) is 5.26. The lowest BCUT2D eigenvalue weighted by molar-refractivity contribution is 0.202. The van der Waals surface area contributed by atoms with Gasteiger partial charge in [-0.05, 0) is 43.8 Å². The first kappa shape index (κ1) is 15.1. The normalized spacial score (nSPS) is 18.6. The summed E-state index contributed by atoms with van der Waals surface area (Å²) in [5.41, 5.74) is 0.783. The standard InChI is InChI=1S/C15H22ClN3O/c1-3-18(4-2)14-9-10-19(11-14)15(20)17-13-7-5-12(16)6-8-13/h5-8,14H,3-4,9-11H2,1-2H3,(H,17,20). The van der Waals surface area contributed by atoms with Gasteiger partial charge in [0, 0.05) is 29.8 Å². The van der Waals surface area contributed by atoms with Crippen molar-refractivity contribution in [2.45, 2.75) is 26.3 Å². The van der Waals surface area contributed by atoms with Crippen LogP contribution in [0.4, 0.5) is 10.5 Å². The molecule has 5 heteroatoms. The van der Waals surface area contributed by atoms with Crippen LogP contribution in [0, 0.1) is 0 Å². The van der Waals surface area contributed by atoms with Crippen LogP contribution in [0.25, 0.3) is 0 Å². The van der Waals surface area contributed by atoms with Gasteiger partial charge in [-0.1, -0.05) is 25.4 Å². The van der Waals surface area contributed by atoms with Gasteiger partial charge in [-0.2, -0.15) is 0 Å². The molecule has 0 saturated carbocycles. The Balaban J connectivity index is 1.89. The van der Waals surface area contributed by atoms with E-state index in [1.807, 2.05) is 17.0 Å². The van der Waals surface area contributed by atoms with Crippen LogP contribution in [0.2, 0.25) is 5.02 Å². The van der Waals surface area contributed by atoms with Crippen molar-refractivity contribution in [2.24, 2.45) is 0 Å². The van der Waals surface area contributed by atoms with E-state index in [1.165, 1.54) is 0 Å². The number of carbonyl (C=O) groups excluding carboxylic acids is 1. The monoisotopic (exact) mass is 295 g/mol. The highest BCUT2D eigenvalue weighted by molar-refractivity contribution is 6.30. The first-order valence-electron chi connectivity index (χ1n) is 7.19. The highest BCUT2D eigenvalue weighted by atomic mass is 35.5. The maximum Gasteiger partial charge on any atom is 0.321 e.